The van der Waals surface area contributed by atoms with Crippen LogP contribution in [-0.2, 0) is 22.6 Å². The maximum atomic E-state index is 12.8. The van der Waals surface area contributed by atoms with E-state index in [0.717, 1.165) is 77.4 Å². The summed E-state index contributed by atoms with van der Waals surface area (Å²) in [4.78, 5) is 17.1. The average Bonchev–Trinajstić information content (AvgIpc) is 3.07. The van der Waals surface area contributed by atoms with Gasteiger partial charge < -0.3 is 9.64 Å². The summed E-state index contributed by atoms with van der Waals surface area (Å²) >= 11 is 0. The van der Waals surface area contributed by atoms with Crippen molar-refractivity contribution in [1.29, 1.82) is 0 Å². The first kappa shape index (κ1) is 20.9. The Kier molecular flexibility index (Phi) is 7.42. The van der Waals surface area contributed by atoms with E-state index in [1.165, 1.54) is 5.56 Å². The average molecular weight is 413 g/mol. The molecule has 1 unspecified atom stereocenters. The number of ether oxygens (including phenoxy) is 1. The van der Waals surface area contributed by atoms with Crippen molar-refractivity contribution in [3.05, 3.63) is 41.7 Å². The molecule has 2 fully saturated rings. The van der Waals surface area contributed by atoms with Gasteiger partial charge in [0.1, 0.15) is 0 Å². The predicted octanol–water partition coefficient (Wildman–Crippen LogP) is 2.08. The Bertz CT molecular complexity index is 790. The number of carbonyl (C=O) groups excluding carboxylic acids is 1. The standard InChI is InChI=1S/C22H32N6O2/c29-22(27-11-4-8-20(10-13-27)19-6-2-1-3-7-19)9-5-12-28-21(23-24-25-28)18-26-14-16-30-17-15-26/h1-3,6-7,20H,4-5,8-18H2. The molecule has 0 aliphatic carbocycles. The lowest BCUT2D eigenvalue weighted by molar-refractivity contribution is -0.131. The van der Waals surface area contributed by atoms with Gasteiger partial charge in [-0.25, -0.2) is 4.68 Å². The SMILES string of the molecule is O=C(CCCn1nnnc1CN1CCOCC1)N1CCCC(c2ccccc2)CC1. The zero-order valence-electron chi connectivity index (χ0n) is 17.7. The lowest BCUT2D eigenvalue weighted by atomic mass is 9.92. The Balaban J connectivity index is 1.22. The van der Waals surface area contributed by atoms with Gasteiger partial charge >= 0.3 is 0 Å². The summed E-state index contributed by atoms with van der Waals surface area (Å²) in [5.74, 6) is 1.68. The molecule has 2 aromatic rings. The summed E-state index contributed by atoms with van der Waals surface area (Å²) in [5.41, 5.74) is 1.40. The van der Waals surface area contributed by atoms with Gasteiger partial charge in [0, 0.05) is 39.1 Å². The Morgan fingerprint density at radius 1 is 1.07 bits per heavy atom. The summed E-state index contributed by atoms with van der Waals surface area (Å²) in [6, 6.07) is 10.7. The van der Waals surface area contributed by atoms with E-state index in [9.17, 15) is 4.79 Å². The van der Waals surface area contributed by atoms with E-state index in [2.05, 4.69) is 55.7 Å². The summed E-state index contributed by atoms with van der Waals surface area (Å²) in [6.45, 7) is 6.47. The van der Waals surface area contributed by atoms with E-state index in [0.29, 0.717) is 18.9 Å². The molecular formula is C22H32N6O2. The van der Waals surface area contributed by atoms with Gasteiger partial charge in [-0.05, 0) is 47.6 Å². The molecule has 8 nitrogen and oxygen atoms in total. The number of likely N-dealkylation sites (tertiary alicyclic amines) is 1. The van der Waals surface area contributed by atoms with Crippen molar-refractivity contribution in [2.45, 2.75) is 51.1 Å². The van der Waals surface area contributed by atoms with Crippen LogP contribution in [0.2, 0.25) is 0 Å². The molecule has 0 spiro atoms. The van der Waals surface area contributed by atoms with Gasteiger partial charge in [-0.15, -0.1) is 5.10 Å². The minimum Gasteiger partial charge on any atom is -0.379 e. The number of benzene rings is 1. The van der Waals surface area contributed by atoms with Crippen LogP contribution < -0.4 is 0 Å². The minimum atomic E-state index is 0.256. The normalized spacial score (nSPS) is 20.8. The lowest BCUT2D eigenvalue weighted by Gasteiger charge is -2.25. The van der Waals surface area contributed by atoms with Gasteiger partial charge in [-0.3, -0.25) is 9.69 Å². The Morgan fingerprint density at radius 3 is 2.73 bits per heavy atom. The van der Waals surface area contributed by atoms with Crippen LogP contribution in [0.15, 0.2) is 30.3 Å². The number of nitrogens with zero attached hydrogens (tertiary/aromatic N) is 6. The predicted molar refractivity (Wildman–Crippen MR) is 113 cm³/mol. The highest BCUT2D eigenvalue weighted by Crippen LogP contribution is 2.28. The summed E-state index contributed by atoms with van der Waals surface area (Å²) in [7, 11) is 0. The first-order chi connectivity index (χ1) is 14.8. The molecule has 2 aliphatic heterocycles. The van der Waals surface area contributed by atoms with Crippen molar-refractivity contribution >= 4 is 5.91 Å². The van der Waals surface area contributed by atoms with E-state index >= 15 is 0 Å². The molecule has 0 bridgehead atoms. The number of rotatable bonds is 7. The summed E-state index contributed by atoms with van der Waals surface area (Å²) < 4.78 is 7.24. The molecule has 1 amide bonds. The van der Waals surface area contributed by atoms with Crippen LogP contribution in [0.4, 0.5) is 0 Å². The van der Waals surface area contributed by atoms with E-state index in [1.54, 1.807) is 0 Å². The maximum absolute atomic E-state index is 12.8. The first-order valence-corrected chi connectivity index (χ1v) is 11.2. The molecule has 1 aromatic carbocycles. The van der Waals surface area contributed by atoms with E-state index in [4.69, 9.17) is 4.74 Å². The number of hydrogen-bond acceptors (Lipinski definition) is 6. The van der Waals surface area contributed by atoms with Gasteiger partial charge in [0.15, 0.2) is 5.82 Å². The molecule has 162 valence electrons. The number of morpholine rings is 1. The number of amides is 1. The van der Waals surface area contributed by atoms with Gasteiger partial charge in [0.05, 0.1) is 19.8 Å². The Labute approximate surface area is 178 Å². The topological polar surface area (TPSA) is 76.4 Å². The molecular weight excluding hydrogens is 380 g/mol. The fourth-order valence-corrected chi connectivity index (χ4v) is 4.41. The Hall–Kier alpha value is -2.32. The monoisotopic (exact) mass is 412 g/mol. The second-order valence-electron chi connectivity index (χ2n) is 8.23. The second-order valence-corrected chi connectivity index (χ2v) is 8.23. The highest BCUT2D eigenvalue weighted by Gasteiger charge is 2.21. The van der Waals surface area contributed by atoms with Crippen molar-refractivity contribution in [2.75, 3.05) is 39.4 Å². The Morgan fingerprint density at radius 2 is 1.90 bits per heavy atom. The van der Waals surface area contributed by atoms with E-state index in [-0.39, 0.29) is 5.91 Å². The number of carbonyl (C=O) groups is 1. The molecule has 4 rings (SSSR count). The number of aryl methyl sites for hydroxylation is 1. The van der Waals surface area contributed by atoms with Gasteiger partial charge in [0.25, 0.3) is 0 Å². The molecule has 1 aromatic heterocycles. The van der Waals surface area contributed by atoms with Crippen LogP contribution >= 0.6 is 0 Å². The second kappa shape index (κ2) is 10.6. The van der Waals surface area contributed by atoms with Crippen LogP contribution in [0.3, 0.4) is 0 Å². The fourth-order valence-electron chi connectivity index (χ4n) is 4.41. The molecule has 8 heteroatoms. The molecule has 0 saturated carbocycles. The highest BCUT2D eigenvalue weighted by atomic mass is 16.5. The summed E-state index contributed by atoms with van der Waals surface area (Å²) in [5, 5.41) is 12.1. The molecule has 2 saturated heterocycles. The van der Waals surface area contributed by atoms with Gasteiger partial charge in [-0.2, -0.15) is 0 Å². The largest absolute Gasteiger partial charge is 0.379 e. The number of hydrogen-bond donors (Lipinski definition) is 0. The number of tetrazole rings is 1. The molecule has 2 aliphatic rings. The fraction of sp³-hybridized carbons (Fsp3) is 0.636. The van der Waals surface area contributed by atoms with E-state index in [1.807, 2.05) is 4.68 Å². The molecule has 30 heavy (non-hydrogen) atoms. The third-order valence-corrected chi connectivity index (χ3v) is 6.19. The zero-order valence-corrected chi connectivity index (χ0v) is 17.7. The summed E-state index contributed by atoms with van der Waals surface area (Å²) in [6.07, 6.45) is 4.59. The highest BCUT2D eigenvalue weighted by molar-refractivity contribution is 5.76. The minimum absolute atomic E-state index is 0.256. The quantitative estimate of drug-likeness (QED) is 0.693. The van der Waals surface area contributed by atoms with Crippen LogP contribution in [0, 0.1) is 0 Å². The lowest BCUT2D eigenvalue weighted by Crippen LogP contribution is -2.36. The van der Waals surface area contributed by atoms with Crippen molar-refractivity contribution in [2.24, 2.45) is 0 Å². The molecule has 3 heterocycles. The van der Waals surface area contributed by atoms with Crippen molar-refractivity contribution < 1.29 is 9.53 Å². The zero-order chi connectivity index (χ0) is 20.6. The van der Waals surface area contributed by atoms with E-state index < -0.39 is 0 Å². The third kappa shape index (κ3) is 5.64. The first-order valence-electron chi connectivity index (χ1n) is 11.2. The smallest absolute Gasteiger partial charge is 0.222 e. The molecule has 1 atom stereocenters. The maximum Gasteiger partial charge on any atom is 0.222 e. The number of aromatic nitrogens is 4. The van der Waals surface area contributed by atoms with Crippen molar-refractivity contribution in [3.63, 3.8) is 0 Å². The van der Waals surface area contributed by atoms with Crippen LogP contribution in [0.1, 0.15) is 49.4 Å². The van der Waals surface area contributed by atoms with Gasteiger partial charge in [0.2, 0.25) is 5.91 Å². The van der Waals surface area contributed by atoms with Crippen molar-refractivity contribution in [1.82, 2.24) is 30.0 Å². The van der Waals surface area contributed by atoms with Gasteiger partial charge in [-0.1, -0.05) is 30.3 Å². The molecule has 0 N–H and O–H groups in total. The third-order valence-electron chi connectivity index (χ3n) is 6.19. The molecule has 0 radical (unpaired) electrons. The van der Waals surface area contributed by atoms with Crippen molar-refractivity contribution in [3.8, 4) is 0 Å². The van der Waals surface area contributed by atoms with Crippen LogP contribution in [0.25, 0.3) is 0 Å². The van der Waals surface area contributed by atoms with Crippen LogP contribution in [-0.4, -0.2) is 75.3 Å². The van der Waals surface area contributed by atoms with Crippen LogP contribution in [0.5, 0.6) is 0 Å².